The zero-order chi connectivity index (χ0) is 20.2. The minimum atomic E-state index is -0.287. The fourth-order valence-electron chi connectivity index (χ4n) is 2.70. The van der Waals surface area contributed by atoms with Gasteiger partial charge in [0.05, 0.1) is 23.8 Å². The quantitative estimate of drug-likeness (QED) is 0.371. The van der Waals surface area contributed by atoms with Gasteiger partial charge < -0.3 is 10.1 Å². The maximum Gasteiger partial charge on any atom is 0.269 e. The maximum atomic E-state index is 13.0. The fourth-order valence-corrected chi connectivity index (χ4v) is 3.50. The topological polar surface area (TPSA) is 115 Å². The number of benzene rings is 2. The minimum absolute atomic E-state index is 0.0605. The summed E-state index contributed by atoms with van der Waals surface area (Å²) in [4.78, 5) is 33.9. The first-order valence-corrected chi connectivity index (χ1v) is 9.58. The van der Waals surface area contributed by atoms with Crippen LogP contribution < -0.4 is 15.6 Å². The van der Waals surface area contributed by atoms with Gasteiger partial charge >= 0.3 is 0 Å². The van der Waals surface area contributed by atoms with Crippen LogP contribution in [0.5, 0.6) is 5.75 Å². The number of anilines is 1. The van der Waals surface area contributed by atoms with Crippen LogP contribution in [0.2, 0.25) is 0 Å². The molecule has 0 aliphatic heterocycles. The Bertz CT molecular complexity index is 1210. The van der Waals surface area contributed by atoms with Crippen molar-refractivity contribution in [3.63, 3.8) is 0 Å². The number of nitrogens with zero attached hydrogens (tertiary/aromatic N) is 4. The summed E-state index contributed by atoms with van der Waals surface area (Å²) < 4.78 is 6.42. The number of carbonyl (C=O) groups is 1. The van der Waals surface area contributed by atoms with E-state index in [1.807, 2.05) is 0 Å². The molecule has 29 heavy (non-hydrogen) atoms. The Morgan fingerprint density at radius 1 is 1.21 bits per heavy atom. The van der Waals surface area contributed by atoms with Gasteiger partial charge in [0.15, 0.2) is 5.16 Å². The van der Waals surface area contributed by atoms with E-state index in [1.165, 1.54) is 10.9 Å². The summed E-state index contributed by atoms with van der Waals surface area (Å²) in [5.74, 6) is 0.775. The van der Waals surface area contributed by atoms with E-state index in [-0.39, 0.29) is 23.2 Å². The van der Waals surface area contributed by atoms with Crippen LogP contribution in [-0.4, -0.2) is 43.5 Å². The number of hydrogen-bond acceptors (Lipinski definition) is 7. The Labute approximate surface area is 169 Å². The van der Waals surface area contributed by atoms with Gasteiger partial charge in [0.2, 0.25) is 11.9 Å². The first kappa shape index (κ1) is 18.7. The molecular formula is C19H16N6O3S. The lowest BCUT2D eigenvalue weighted by atomic mass is 10.2. The van der Waals surface area contributed by atoms with Crippen LogP contribution in [0.25, 0.3) is 16.9 Å². The van der Waals surface area contributed by atoms with E-state index in [4.69, 9.17) is 4.74 Å². The molecule has 1 amide bonds. The van der Waals surface area contributed by atoms with Crippen LogP contribution in [0.15, 0.2) is 64.8 Å². The number of aromatic nitrogens is 5. The predicted molar refractivity (Wildman–Crippen MR) is 110 cm³/mol. The van der Waals surface area contributed by atoms with Crippen LogP contribution in [0, 0.1) is 0 Å². The molecule has 0 saturated heterocycles. The minimum Gasteiger partial charge on any atom is -0.497 e. The molecule has 4 rings (SSSR count). The lowest BCUT2D eigenvalue weighted by Crippen LogP contribution is -2.23. The molecule has 0 bridgehead atoms. The molecule has 2 N–H and O–H groups in total. The maximum absolute atomic E-state index is 13.0. The van der Waals surface area contributed by atoms with Gasteiger partial charge in [-0.15, -0.1) is 0 Å². The van der Waals surface area contributed by atoms with E-state index in [0.29, 0.717) is 27.5 Å². The number of rotatable bonds is 6. The van der Waals surface area contributed by atoms with Crippen molar-refractivity contribution in [1.29, 1.82) is 0 Å². The van der Waals surface area contributed by atoms with E-state index in [1.54, 1.807) is 55.6 Å². The first-order valence-electron chi connectivity index (χ1n) is 8.60. The van der Waals surface area contributed by atoms with Gasteiger partial charge in [-0.05, 0) is 36.4 Å². The Balaban J connectivity index is 1.59. The Kier molecular flexibility index (Phi) is 5.25. The predicted octanol–water partition coefficient (Wildman–Crippen LogP) is 2.24. The molecule has 0 spiro atoms. The zero-order valence-corrected chi connectivity index (χ0v) is 16.1. The molecule has 2 heterocycles. The molecule has 9 nitrogen and oxygen atoms in total. The Morgan fingerprint density at radius 3 is 2.72 bits per heavy atom. The zero-order valence-electron chi connectivity index (χ0n) is 15.3. The second-order valence-electron chi connectivity index (χ2n) is 5.93. The fraction of sp³-hybridized carbons (Fsp3) is 0.105. The Hall–Kier alpha value is -3.66. The molecule has 0 saturated carbocycles. The van der Waals surface area contributed by atoms with Crippen molar-refractivity contribution in [2.75, 3.05) is 18.2 Å². The molecule has 0 radical (unpaired) electrons. The second-order valence-corrected chi connectivity index (χ2v) is 6.87. The van der Waals surface area contributed by atoms with Crippen LogP contribution in [0.4, 0.5) is 5.69 Å². The highest BCUT2D eigenvalue weighted by Crippen LogP contribution is 2.20. The number of para-hydroxylation sites is 1. The number of amides is 1. The highest BCUT2D eigenvalue weighted by molar-refractivity contribution is 7.99. The van der Waals surface area contributed by atoms with Gasteiger partial charge in [-0.2, -0.15) is 10.1 Å². The van der Waals surface area contributed by atoms with E-state index in [9.17, 15) is 9.59 Å². The molecule has 0 fully saturated rings. The first-order chi connectivity index (χ1) is 14.2. The van der Waals surface area contributed by atoms with Crippen LogP contribution in [0.3, 0.4) is 0 Å². The van der Waals surface area contributed by atoms with Gasteiger partial charge in [0.25, 0.3) is 5.56 Å². The molecule has 4 aromatic rings. The lowest BCUT2D eigenvalue weighted by Gasteiger charge is -2.11. The highest BCUT2D eigenvalue weighted by Gasteiger charge is 2.16. The summed E-state index contributed by atoms with van der Waals surface area (Å²) >= 11 is 1.14. The van der Waals surface area contributed by atoms with Crippen molar-refractivity contribution < 1.29 is 9.53 Å². The summed E-state index contributed by atoms with van der Waals surface area (Å²) in [6, 6.07) is 14.0. The lowest BCUT2D eigenvalue weighted by molar-refractivity contribution is -0.113. The summed E-state index contributed by atoms with van der Waals surface area (Å²) in [5.41, 5.74) is 0.909. The van der Waals surface area contributed by atoms with Gasteiger partial charge in [0.1, 0.15) is 12.1 Å². The number of methoxy groups -OCH3 is 1. The second kappa shape index (κ2) is 8.15. The Morgan fingerprint density at radius 2 is 2.00 bits per heavy atom. The molecule has 2 aromatic heterocycles. The number of H-pyrrole nitrogens is 1. The number of thioether (sulfide) groups is 1. The van der Waals surface area contributed by atoms with Gasteiger partial charge in [-0.25, -0.2) is 14.6 Å². The number of nitrogens with one attached hydrogen (secondary N) is 2. The monoisotopic (exact) mass is 408 g/mol. The molecule has 146 valence electrons. The molecule has 0 atom stereocenters. The largest absolute Gasteiger partial charge is 0.497 e. The molecule has 0 aliphatic rings. The average molecular weight is 408 g/mol. The third-order valence-electron chi connectivity index (χ3n) is 4.07. The van der Waals surface area contributed by atoms with Crippen molar-refractivity contribution in [3.8, 4) is 11.7 Å². The smallest absolute Gasteiger partial charge is 0.269 e. The van der Waals surface area contributed by atoms with Gasteiger partial charge in [0, 0.05) is 5.69 Å². The van der Waals surface area contributed by atoms with Crippen LogP contribution in [-0.2, 0) is 4.79 Å². The molecular weight excluding hydrogens is 392 g/mol. The summed E-state index contributed by atoms with van der Waals surface area (Å²) in [6.45, 7) is 0. The van der Waals surface area contributed by atoms with Gasteiger partial charge in [-0.3, -0.25) is 9.59 Å². The van der Waals surface area contributed by atoms with Crippen molar-refractivity contribution in [3.05, 3.63) is 65.2 Å². The summed E-state index contributed by atoms with van der Waals surface area (Å²) in [6.07, 6.45) is 1.31. The van der Waals surface area contributed by atoms with Crippen molar-refractivity contribution in [2.45, 2.75) is 5.16 Å². The average Bonchev–Trinajstić information content (AvgIpc) is 3.27. The third kappa shape index (κ3) is 3.97. The number of hydrogen-bond donors (Lipinski definition) is 2. The van der Waals surface area contributed by atoms with Crippen molar-refractivity contribution >= 4 is 34.3 Å². The number of ether oxygens (including phenoxy) is 1. The number of fused-ring (bicyclic) bond motifs is 1. The number of carbonyl (C=O) groups excluding carboxylic acids is 1. The molecule has 2 aromatic carbocycles. The summed E-state index contributed by atoms with van der Waals surface area (Å²) in [5, 5.41) is 10.1. The van der Waals surface area contributed by atoms with E-state index in [0.717, 1.165) is 11.8 Å². The standard InChI is InChI=1S/C19H16N6O3S/c1-28-13-8-6-12(7-9-13)22-16(26)10-29-19-23-15-5-3-2-4-14(15)17(27)25(19)18-20-11-21-24-18/h2-9,11H,10H2,1H3,(H,22,26)(H,20,21,24). The van der Waals surface area contributed by atoms with E-state index < -0.39 is 0 Å². The van der Waals surface area contributed by atoms with E-state index in [2.05, 4.69) is 25.5 Å². The molecule has 10 heteroatoms. The van der Waals surface area contributed by atoms with Crippen molar-refractivity contribution in [2.24, 2.45) is 0 Å². The van der Waals surface area contributed by atoms with Crippen LogP contribution in [0.1, 0.15) is 0 Å². The van der Waals surface area contributed by atoms with E-state index >= 15 is 0 Å². The molecule has 0 aliphatic carbocycles. The van der Waals surface area contributed by atoms with Crippen LogP contribution >= 0.6 is 11.8 Å². The van der Waals surface area contributed by atoms with Crippen molar-refractivity contribution in [1.82, 2.24) is 24.7 Å². The summed E-state index contributed by atoms with van der Waals surface area (Å²) in [7, 11) is 1.58. The highest BCUT2D eigenvalue weighted by atomic mass is 32.2. The SMILES string of the molecule is COc1ccc(NC(=O)CSc2nc3ccccc3c(=O)n2-c2ncn[nH]2)cc1. The number of aromatic amines is 1. The third-order valence-corrected chi connectivity index (χ3v) is 5.00. The van der Waals surface area contributed by atoms with Gasteiger partial charge in [-0.1, -0.05) is 23.9 Å². The normalized spacial score (nSPS) is 10.8. The molecule has 0 unspecified atom stereocenters.